The van der Waals surface area contributed by atoms with Crippen molar-refractivity contribution < 1.29 is 14.3 Å². The Kier molecular flexibility index (Phi) is 3.91. The second-order valence-corrected chi connectivity index (χ2v) is 5.26. The average Bonchev–Trinajstić information content (AvgIpc) is 2.53. The van der Waals surface area contributed by atoms with Crippen molar-refractivity contribution in [3.8, 4) is 11.5 Å². The van der Waals surface area contributed by atoms with Gasteiger partial charge >= 0.3 is 0 Å². The van der Waals surface area contributed by atoms with E-state index in [0.717, 1.165) is 23.3 Å². The summed E-state index contributed by atoms with van der Waals surface area (Å²) in [5.41, 5.74) is 3.36. The van der Waals surface area contributed by atoms with Crippen LogP contribution in [0.3, 0.4) is 0 Å². The van der Waals surface area contributed by atoms with Crippen molar-refractivity contribution in [2.24, 2.45) is 0 Å². The van der Waals surface area contributed by atoms with Crippen LogP contribution >= 0.6 is 0 Å². The summed E-state index contributed by atoms with van der Waals surface area (Å²) in [6.45, 7) is 0.490. The topological polar surface area (TPSA) is 35.5 Å². The van der Waals surface area contributed by atoms with Gasteiger partial charge in [0, 0.05) is 12.8 Å². The van der Waals surface area contributed by atoms with E-state index in [1.54, 1.807) is 7.11 Å². The quantitative estimate of drug-likeness (QED) is 0.863. The minimum absolute atomic E-state index is 0.293. The molecule has 0 aliphatic heterocycles. The lowest BCUT2D eigenvalue weighted by Crippen LogP contribution is -2.13. The van der Waals surface area contributed by atoms with E-state index in [9.17, 15) is 4.79 Å². The van der Waals surface area contributed by atoms with Gasteiger partial charge in [0.15, 0.2) is 11.5 Å². The Balaban J connectivity index is 1.83. The third-order valence-electron chi connectivity index (χ3n) is 3.78. The highest BCUT2D eigenvalue weighted by atomic mass is 16.5. The maximum Gasteiger partial charge on any atom is 0.161 e. The van der Waals surface area contributed by atoms with Gasteiger partial charge in [-0.15, -0.1) is 0 Å². The highest BCUT2D eigenvalue weighted by Gasteiger charge is 2.19. The fraction of sp³-hybridized carbons (Fsp3) is 0.278. The number of ketones is 1. The van der Waals surface area contributed by atoms with Crippen LogP contribution in [0.1, 0.15) is 23.1 Å². The highest BCUT2D eigenvalue weighted by Crippen LogP contribution is 2.34. The second-order valence-electron chi connectivity index (χ2n) is 5.26. The number of hydrogen-bond acceptors (Lipinski definition) is 3. The number of hydrogen-bond donors (Lipinski definition) is 0. The predicted octanol–water partition coefficient (Wildman–Crippen LogP) is 3.33. The molecule has 0 N–H and O–H groups in total. The van der Waals surface area contributed by atoms with E-state index in [-0.39, 0.29) is 0 Å². The monoisotopic (exact) mass is 282 g/mol. The number of Topliss-reactive ketones (excluding diaryl/α,β-unsaturated/α-hetero) is 1. The molecule has 3 nitrogen and oxygen atoms in total. The van der Waals surface area contributed by atoms with Gasteiger partial charge in [-0.1, -0.05) is 30.3 Å². The normalized spacial score (nSPS) is 13.7. The Labute approximate surface area is 124 Å². The van der Waals surface area contributed by atoms with Crippen LogP contribution in [-0.4, -0.2) is 12.9 Å². The van der Waals surface area contributed by atoms with Gasteiger partial charge in [0.25, 0.3) is 0 Å². The van der Waals surface area contributed by atoms with Gasteiger partial charge in [-0.05, 0) is 35.2 Å². The number of methoxy groups -OCH3 is 1. The van der Waals surface area contributed by atoms with Crippen molar-refractivity contribution in [2.75, 3.05) is 7.11 Å². The van der Waals surface area contributed by atoms with Gasteiger partial charge in [-0.2, -0.15) is 0 Å². The Morgan fingerprint density at radius 2 is 1.76 bits per heavy atom. The molecule has 0 unspecified atom stereocenters. The van der Waals surface area contributed by atoms with Crippen LogP contribution in [0.15, 0.2) is 42.5 Å². The lowest BCUT2D eigenvalue weighted by atomic mass is 9.90. The van der Waals surface area contributed by atoms with Crippen molar-refractivity contribution in [3.63, 3.8) is 0 Å². The highest BCUT2D eigenvalue weighted by molar-refractivity contribution is 5.83. The lowest BCUT2D eigenvalue weighted by Gasteiger charge is -2.19. The first-order chi connectivity index (χ1) is 10.3. The fourth-order valence-corrected chi connectivity index (χ4v) is 2.62. The summed E-state index contributed by atoms with van der Waals surface area (Å²) < 4.78 is 11.3. The van der Waals surface area contributed by atoms with Gasteiger partial charge in [0.05, 0.1) is 7.11 Å². The van der Waals surface area contributed by atoms with Crippen molar-refractivity contribution in [2.45, 2.75) is 25.9 Å². The number of ether oxygens (including phenoxy) is 2. The van der Waals surface area contributed by atoms with Gasteiger partial charge in [-0.25, -0.2) is 0 Å². The van der Waals surface area contributed by atoms with E-state index in [0.29, 0.717) is 31.0 Å². The Morgan fingerprint density at radius 1 is 1.00 bits per heavy atom. The van der Waals surface area contributed by atoms with E-state index in [2.05, 4.69) is 0 Å². The molecule has 0 aromatic heterocycles. The molecule has 21 heavy (non-hydrogen) atoms. The molecule has 0 radical (unpaired) electrons. The van der Waals surface area contributed by atoms with Crippen molar-refractivity contribution in [3.05, 3.63) is 59.2 Å². The van der Waals surface area contributed by atoms with Crippen LogP contribution in [-0.2, 0) is 24.2 Å². The molecule has 0 bridgehead atoms. The molecule has 108 valence electrons. The maximum atomic E-state index is 11.6. The number of fused-ring (bicyclic) bond motifs is 1. The smallest absolute Gasteiger partial charge is 0.161 e. The Bertz CT molecular complexity index is 647. The molecular weight excluding hydrogens is 264 g/mol. The van der Waals surface area contributed by atoms with Crippen LogP contribution < -0.4 is 9.47 Å². The minimum Gasteiger partial charge on any atom is -0.493 e. The SMILES string of the molecule is COc1cc2c(cc1OCc1ccccc1)CC(=O)CC2. The zero-order valence-electron chi connectivity index (χ0n) is 12.1. The van der Waals surface area contributed by atoms with Gasteiger partial charge < -0.3 is 9.47 Å². The number of carbonyl (C=O) groups is 1. The summed E-state index contributed by atoms with van der Waals surface area (Å²) in [4.78, 5) is 11.6. The average molecular weight is 282 g/mol. The molecule has 3 heteroatoms. The van der Waals surface area contributed by atoms with E-state index in [1.807, 2.05) is 42.5 Å². The molecule has 0 atom stereocenters. The number of benzene rings is 2. The van der Waals surface area contributed by atoms with E-state index >= 15 is 0 Å². The van der Waals surface area contributed by atoms with Crippen LogP contribution in [0.5, 0.6) is 11.5 Å². The van der Waals surface area contributed by atoms with Crippen LogP contribution in [0.2, 0.25) is 0 Å². The third kappa shape index (κ3) is 3.07. The number of carbonyl (C=O) groups excluding carboxylic acids is 1. The first kappa shape index (κ1) is 13.7. The van der Waals surface area contributed by atoms with E-state index in [4.69, 9.17) is 9.47 Å². The first-order valence-corrected chi connectivity index (χ1v) is 7.14. The van der Waals surface area contributed by atoms with Crippen molar-refractivity contribution in [1.29, 1.82) is 0 Å². The molecule has 0 spiro atoms. The van der Waals surface area contributed by atoms with Crippen molar-refractivity contribution in [1.82, 2.24) is 0 Å². The minimum atomic E-state index is 0.293. The molecule has 1 aliphatic rings. The Hall–Kier alpha value is -2.29. The van der Waals surface area contributed by atoms with Crippen LogP contribution in [0, 0.1) is 0 Å². The van der Waals surface area contributed by atoms with Crippen LogP contribution in [0.4, 0.5) is 0 Å². The predicted molar refractivity (Wildman–Crippen MR) is 80.8 cm³/mol. The molecule has 1 aliphatic carbocycles. The summed E-state index contributed by atoms with van der Waals surface area (Å²) in [5, 5.41) is 0. The van der Waals surface area contributed by atoms with Gasteiger partial charge in [0.2, 0.25) is 0 Å². The largest absolute Gasteiger partial charge is 0.493 e. The molecule has 2 aromatic rings. The van der Waals surface area contributed by atoms with Crippen LogP contribution in [0.25, 0.3) is 0 Å². The zero-order chi connectivity index (χ0) is 14.7. The maximum absolute atomic E-state index is 11.6. The molecule has 3 rings (SSSR count). The standard InChI is InChI=1S/C18H18O3/c1-20-17-10-14-7-8-16(19)9-15(14)11-18(17)21-12-13-5-3-2-4-6-13/h2-6,10-11H,7-9,12H2,1H3. The summed E-state index contributed by atoms with van der Waals surface area (Å²) >= 11 is 0. The fourth-order valence-electron chi connectivity index (χ4n) is 2.62. The Morgan fingerprint density at radius 3 is 2.52 bits per heavy atom. The number of rotatable bonds is 4. The summed E-state index contributed by atoms with van der Waals surface area (Å²) in [6, 6.07) is 14.0. The second kappa shape index (κ2) is 6.00. The summed E-state index contributed by atoms with van der Waals surface area (Å²) in [7, 11) is 1.64. The molecule has 0 fully saturated rings. The summed E-state index contributed by atoms with van der Waals surface area (Å²) in [6.07, 6.45) is 1.92. The van der Waals surface area contributed by atoms with Gasteiger partial charge in [-0.3, -0.25) is 4.79 Å². The van der Waals surface area contributed by atoms with E-state index in [1.165, 1.54) is 5.56 Å². The molecule has 0 heterocycles. The molecule has 0 saturated carbocycles. The zero-order valence-corrected chi connectivity index (χ0v) is 12.1. The van der Waals surface area contributed by atoms with Gasteiger partial charge in [0.1, 0.15) is 12.4 Å². The molecule has 0 amide bonds. The van der Waals surface area contributed by atoms with E-state index < -0.39 is 0 Å². The third-order valence-corrected chi connectivity index (χ3v) is 3.78. The lowest BCUT2D eigenvalue weighted by molar-refractivity contribution is -0.118. The molecule has 0 saturated heterocycles. The first-order valence-electron chi connectivity index (χ1n) is 7.14. The summed E-state index contributed by atoms with van der Waals surface area (Å²) in [5.74, 6) is 1.73. The molecule has 2 aromatic carbocycles. The van der Waals surface area contributed by atoms with Crippen molar-refractivity contribution >= 4 is 5.78 Å². The number of aryl methyl sites for hydroxylation is 1. The molecular formula is C18H18O3.